The van der Waals surface area contributed by atoms with Crippen LogP contribution in [0.1, 0.15) is 38.0 Å². The predicted octanol–water partition coefficient (Wildman–Crippen LogP) is 0.211. The molecule has 0 saturated heterocycles. The van der Waals surface area contributed by atoms with E-state index >= 15 is 0 Å². The number of fused-ring (bicyclic) bond motifs is 1. The molecule has 0 spiro atoms. The smallest absolute Gasteiger partial charge is 0.262 e. The number of nitrogens with two attached hydrogens (primary N) is 1. The van der Waals surface area contributed by atoms with Crippen LogP contribution >= 0.6 is 0 Å². The number of Topliss-reactive ketones (excluding diaryl/α,β-unsaturated/α-hetero) is 1. The second-order valence-corrected chi connectivity index (χ2v) is 5.00. The SMILES string of the molecule is CC(=O)c1cccc(O)c1-n1c(N)c2c(cc1=O)C(=O)NC2=O. The van der Waals surface area contributed by atoms with Gasteiger partial charge in [-0.15, -0.1) is 0 Å². The fraction of sp³-hybridized carbons (Fsp3) is 0.0667. The van der Waals surface area contributed by atoms with Crippen molar-refractivity contribution in [2.45, 2.75) is 6.92 Å². The van der Waals surface area contributed by atoms with Crippen molar-refractivity contribution in [3.63, 3.8) is 0 Å². The van der Waals surface area contributed by atoms with Gasteiger partial charge in [-0.25, -0.2) is 0 Å². The Kier molecular flexibility index (Phi) is 3.03. The summed E-state index contributed by atoms with van der Waals surface area (Å²) in [5.41, 5.74) is 4.79. The molecule has 2 amide bonds. The minimum atomic E-state index is -0.741. The summed E-state index contributed by atoms with van der Waals surface area (Å²) in [4.78, 5) is 47.6. The second kappa shape index (κ2) is 4.80. The first-order valence-electron chi connectivity index (χ1n) is 6.57. The average molecular weight is 313 g/mol. The Morgan fingerprint density at radius 2 is 1.91 bits per heavy atom. The van der Waals surface area contributed by atoms with Crippen LogP contribution in [0.25, 0.3) is 5.69 Å². The first-order valence-corrected chi connectivity index (χ1v) is 6.57. The van der Waals surface area contributed by atoms with Gasteiger partial charge in [-0.3, -0.25) is 29.1 Å². The van der Waals surface area contributed by atoms with Crippen LogP contribution in [0.5, 0.6) is 5.75 Å². The molecule has 0 aliphatic carbocycles. The molecule has 116 valence electrons. The molecule has 0 saturated carbocycles. The molecule has 0 radical (unpaired) electrons. The molecule has 8 nitrogen and oxygen atoms in total. The van der Waals surface area contributed by atoms with E-state index in [4.69, 9.17) is 5.73 Å². The monoisotopic (exact) mass is 313 g/mol. The van der Waals surface area contributed by atoms with Crippen molar-refractivity contribution in [1.29, 1.82) is 0 Å². The maximum absolute atomic E-state index is 12.3. The van der Waals surface area contributed by atoms with Gasteiger partial charge in [0.25, 0.3) is 17.4 Å². The molecule has 4 N–H and O–H groups in total. The zero-order valence-corrected chi connectivity index (χ0v) is 11.9. The maximum atomic E-state index is 12.3. The minimum absolute atomic E-state index is 0.0588. The van der Waals surface area contributed by atoms with Crippen molar-refractivity contribution < 1.29 is 19.5 Å². The molecule has 0 atom stereocenters. The number of aromatic nitrogens is 1. The number of hydrogen-bond acceptors (Lipinski definition) is 6. The van der Waals surface area contributed by atoms with Crippen molar-refractivity contribution in [1.82, 2.24) is 9.88 Å². The first-order chi connectivity index (χ1) is 10.8. The number of ketones is 1. The van der Waals surface area contributed by atoms with E-state index < -0.39 is 23.2 Å². The zero-order chi connectivity index (χ0) is 16.9. The van der Waals surface area contributed by atoms with Gasteiger partial charge in [-0.05, 0) is 19.1 Å². The number of anilines is 1. The highest BCUT2D eigenvalue weighted by molar-refractivity contribution is 6.23. The van der Waals surface area contributed by atoms with Crippen molar-refractivity contribution in [3.8, 4) is 11.4 Å². The Morgan fingerprint density at radius 3 is 2.57 bits per heavy atom. The van der Waals surface area contributed by atoms with Crippen LogP contribution in [0.3, 0.4) is 0 Å². The fourth-order valence-electron chi connectivity index (χ4n) is 2.56. The summed E-state index contributed by atoms with van der Waals surface area (Å²) >= 11 is 0. The molecule has 1 aromatic heterocycles. The van der Waals surface area contributed by atoms with Gasteiger partial charge < -0.3 is 10.8 Å². The third-order valence-electron chi connectivity index (χ3n) is 3.57. The predicted molar refractivity (Wildman–Crippen MR) is 79.9 cm³/mol. The maximum Gasteiger partial charge on any atom is 0.262 e. The molecule has 23 heavy (non-hydrogen) atoms. The lowest BCUT2D eigenvalue weighted by Gasteiger charge is -2.15. The number of rotatable bonds is 2. The fourth-order valence-corrected chi connectivity index (χ4v) is 2.56. The first kappa shape index (κ1) is 14.5. The lowest BCUT2D eigenvalue weighted by molar-refractivity contribution is 0.0879. The Balaban J connectivity index is 2.43. The highest BCUT2D eigenvalue weighted by atomic mass is 16.3. The quantitative estimate of drug-likeness (QED) is 0.536. The number of benzene rings is 1. The van der Waals surface area contributed by atoms with Crippen molar-refractivity contribution in [2.75, 3.05) is 5.73 Å². The summed E-state index contributed by atoms with van der Waals surface area (Å²) in [6.45, 7) is 1.27. The number of para-hydroxylation sites is 1. The number of pyridine rings is 1. The minimum Gasteiger partial charge on any atom is -0.506 e. The third kappa shape index (κ3) is 2.00. The van der Waals surface area contributed by atoms with Gasteiger partial charge >= 0.3 is 0 Å². The van der Waals surface area contributed by atoms with Crippen molar-refractivity contribution in [2.24, 2.45) is 0 Å². The summed E-state index contributed by atoms with van der Waals surface area (Å²) in [6.07, 6.45) is 0. The van der Waals surface area contributed by atoms with E-state index in [1.165, 1.54) is 25.1 Å². The van der Waals surface area contributed by atoms with Gasteiger partial charge in [-0.1, -0.05) is 6.07 Å². The largest absolute Gasteiger partial charge is 0.506 e. The number of imide groups is 1. The Morgan fingerprint density at radius 1 is 1.22 bits per heavy atom. The number of carbonyl (C=O) groups is 3. The normalized spacial score (nSPS) is 12.9. The summed E-state index contributed by atoms with van der Waals surface area (Å²) < 4.78 is 0.850. The molecule has 2 heterocycles. The summed E-state index contributed by atoms with van der Waals surface area (Å²) in [7, 11) is 0. The number of amides is 2. The van der Waals surface area contributed by atoms with E-state index in [1.54, 1.807) is 0 Å². The van der Waals surface area contributed by atoms with Gasteiger partial charge in [0.05, 0.1) is 11.1 Å². The van der Waals surface area contributed by atoms with Crippen LogP contribution in [0, 0.1) is 0 Å². The molecule has 1 aromatic carbocycles. The number of phenolic OH excluding ortho intramolecular Hbond substituents is 1. The van der Waals surface area contributed by atoms with Gasteiger partial charge in [0.2, 0.25) is 0 Å². The van der Waals surface area contributed by atoms with E-state index in [9.17, 15) is 24.3 Å². The van der Waals surface area contributed by atoms with Gasteiger partial charge in [0.1, 0.15) is 17.3 Å². The van der Waals surface area contributed by atoms with E-state index in [2.05, 4.69) is 0 Å². The summed E-state index contributed by atoms with van der Waals surface area (Å²) in [5, 5.41) is 12.1. The van der Waals surface area contributed by atoms with Gasteiger partial charge in [0.15, 0.2) is 5.78 Å². The molecule has 1 aliphatic heterocycles. The number of nitrogens with one attached hydrogen (secondary N) is 1. The van der Waals surface area contributed by atoms with Crippen LogP contribution in [0.4, 0.5) is 5.82 Å². The standard InChI is InChI=1S/C15H11N3O5/c1-6(19)7-3-2-4-9(20)12(7)18-10(21)5-8-11(13(18)16)15(23)17-14(8)22/h2-5,20H,16H2,1H3,(H,17,22,23). The Labute approximate surface area is 129 Å². The number of phenols is 1. The summed E-state index contributed by atoms with van der Waals surface area (Å²) in [6, 6.07) is 5.09. The molecule has 8 heteroatoms. The van der Waals surface area contributed by atoms with Crippen LogP contribution in [-0.2, 0) is 0 Å². The van der Waals surface area contributed by atoms with Gasteiger partial charge in [0, 0.05) is 11.6 Å². The molecule has 0 bridgehead atoms. The third-order valence-corrected chi connectivity index (χ3v) is 3.57. The molecule has 3 rings (SSSR count). The lowest BCUT2D eigenvalue weighted by atomic mass is 10.1. The molecular formula is C15H11N3O5. The highest BCUT2D eigenvalue weighted by Crippen LogP contribution is 2.30. The zero-order valence-electron chi connectivity index (χ0n) is 11.9. The highest BCUT2D eigenvalue weighted by Gasteiger charge is 2.32. The second-order valence-electron chi connectivity index (χ2n) is 5.00. The van der Waals surface area contributed by atoms with Crippen LogP contribution in [0.2, 0.25) is 0 Å². The van der Waals surface area contributed by atoms with Gasteiger partial charge in [-0.2, -0.15) is 0 Å². The topological polar surface area (TPSA) is 131 Å². The van der Waals surface area contributed by atoms with Crippen LogP contribution in [-0.4, -0.2) is 27.3 Å². The van der Waals surface area contributed by atoms with Crippen molar-refractivity contribution >= 4 is 23.4 Å². The number of hydrogen-bond donors (Lipinski definition) is 3. The molecule has 0 unspecified atom stereocenters. The molecular weight excluding hydrogens is 302 g/mol. The Hall–Kier alpha value is -3.42. The van der Waals surface area contributed by atoms with E-state index in [-0.39, 0.29) is 33.9 Å². The van der Waals surface area contributed by atoms with Crippen LogP contribution in [0.15, 0.2) is 29.1 Å². The average Bonchev–Trinajstić information content (AvgIpc) is 2.74. The van der Waals surface area contributed by atoms with E-state index in [0.717, 1.165) is 10.6 Å². The van der Waals surface area contributed by atoms with Crippen molar-refractivity contribution in [3.05, 3.63) is 51.3 Å². The lowest BCUT2D eigenvalue weighted by Crippen LogP contribution is -2.25. The van der Waals surface area contributed by atoms with Crippen LogP contribution < -0.4 is 16.6 Å². The number of nitrogens with zero attached hydrogens (tertiary/aromatic N) is 1. The Bertz CT molecular complexity index is 958. The number of aromatic hydroxyl groups is 1. The molecule has 2 aromatic rings. The molecule has 0 fully saturated rings. The van der Waals surface area contributed by atoms with E-state index in [1.807, 2.05) is 5.32 Å². The number of nitrogen functional groups attached to an aromatic ring is 1. The molecule has 1 aliphatic rings. The summed E-state index contributed by atoms with van der Waals surface area (Å²) in [5.74, 6) is -2.53. The van der Waals surface area contributed by atoms with E-state index in [0.29, 0.717) is 0 Å². The number of carbonyl (C=O) groups excluding carboxylic acids is 3.